The number of nitrogens with one attached hydrogen (secondary N) is 2. The van der Waals surface area contributed by atoms with Crippen molar-refractivity contribution in [1.29, 1.82) is 5.26 Å². The van der Waals surface area contributed by atoms with Crippen LogP contribution in [0.25, 0.3) is 0 Å². The van der Waals surface area contributed by atoms with Crippen molar-refractivity contribution < 1.29 is 19.1 Å². The van der Waals surface area contributed by atoms with Crippen molar-refractivity contribution in [2.24, 2.45) is 5.92 Å². The average molecular weight is 400 g/mol. The Morgan fingerprint density at radius 3 is 2.48 bits per heavy atom. The van der Waals surface area contributed by atoms with Gasteiger partial charge in [0.1, 0.15) is 23.4 Å². The summed E-state index contributed by atoms with van der Waals surface area (Å²) in [5.41, 5.74) is -1.16. The van der Waals surface area contributed by atoms with Gasteiger partial charge in [-0.25, -0.2) is 4.79 Å². The Hall–Kier alpha value is -3.08. The fourth-order valence-electron chi connectivity index (χ4n) is 3.02. The molecule has 0 aromatic heterocycles. The number of benzene rings is 1. The SMILES string of the molecule is COc1ccc(CC[C@@]2(C)NC(=O)N(CC(=O)N[C@@](C)(C#N)C(C)C)C2=O)cc1. The van der Waals surface area contributed by atoms with Crippen LogP contribution in [0.3, 0.4) is 0 Å². The fraction of sp³-hybridized carbons (Fsp3) is 0.524. The molecule has 156 valence electrons. The quantitative estimate of drug-likeness (QED) is 0.648. The molecule has 0 radical (unpaired) electrons. The summed E-state index contributed by atoms with van der Waals surface area (Å²) in [5, 5.41) is 14.6. The molecule has 1 fully saturated rings. The van der Waals surface area contributed by atoms with Gasteiger partial charge in [-0.1, -0.05) is 26.0 Å². The van der Waals surface area contributed by atoms with Crippen LogP contribution in [0.4, 0.5) is 4.79 Å². The van der Waals surface area contributed by atoms with E-state index in [4.69, 9.17) is 4.74 Å². The first-order valence-corrected chi connectivity index (χ1v) is 9.54. The van der Waals surface area contributed by atoms with Crippen molar-refractivity contribution in [3.63, 3.8) is 0 Å². The first kappa shape index (κ1) is 22.2. The van der Waals surface area contributed by atoms with E-state index in [1.54, 1.807) is 21.0 Å². The minimum absolute atomic E-state index is 0.130. The molecule has 1 aliphatic heterocycles. The smallest absolute Gasteiger partial charge is 0.325 e. The van der Waals surface area contributed by atoms with E-state index in [9.17, 15) is 19.6 Å². The van der Waals surface area contributed by atoms with Crippen LogP contribution >= 0.6 is 0 Å². The van der Waals surface area contributed by atoms with Crippen molar-refractivity contribution in [1.82, 2.24) is 15.5 Å². The van der Waals surface area contributed by atoms with Crippen molar-refractivity contribution >= 4 is 17.8 Å². The normalized spacial score (nSPS) is 20.8. The summed E-state index contributed by atoms with van der Waals surface area (Å²) < 4.78 is 5.13. The topological polar surface area (TPSA) is 112 Å². The number of hydrogen-bond donors (Lipinski definition) is 2. The predicted molar refractivity (Wildman–Crippen MR) is 107 cm³/mol. The Kier molecular flexibility index (Phi) is 6.52. The van der Waals surface area contributed by atoms with Crippen LogP contribution in [0.5, 0.6) is 5.75 Å². The second kappa shape index (κ2) is 8.52. The zero-order valence-electron chi connectivity index (χ0n) is 17.5. The number of amides is 4. The van der Waals surface area contributed by atoms with E-state index in [0.717, 1.165) is 16.2 Å². The Morgan fingerprint density at radius 1 is 1.34 bits per heavy atom. The number of urea groups is 1. The third-order valence-electron chi connectivity index (χ3n) is 5.51. The molecule has 0 aliphatic carbocycles. The number of methoxy groups -OCH3 is 1. The monoisotopic (exact) mass is 400 g/mol. The van der Waals surface area contributed by atoms with E-state index >= 15 is 0 Å². The minimum Gasteiger partial charge on any atom is -0.497 e. The lowest BCUT2D eigenvalue weighted by Gasteiger charge is -2.28. The van der Waals surface area contributed by atoms with Crippen molar-refractivity contribution in [2.75, 3.05) is 13.7 Å². The highest BCUT2D eigenvalue weighted by Crippen LogP contribution is 2.24. The zero-order chi connectivity index (χ0) is 21.8. The summed E-state index contributed by atoms with van der Waals surface area (Å²) in [6.07, 6.45) is 0.969. The maximum atomic E-state index is 12.8. The largest absolute Gasteiger partial charge is 0.497 e. The second-order valence-electron chi connectivity index (χ2n) is 8.02. The highest BCUT2D eigenvalue weighted by atomic mass is 16.5. The lowest BCUT2D eigenvalue weighted by atomic mass is 9.90. The number of imide groups is 1. The number of carbonyl (C=O) groups is 3. The van der Waals surface area contributed by atoms with E-state index < -0.39 is 35.5 Å². The molecule has 1 saturated heterocycles. The van der Waals surface area contributed by atoms with Crippen molar-refractivity contribution in [3.8, 4) is 11.8 Å². The number of ether oxygens (including phenoxy) is 1. The molecule has 2 N–H and O–H groups in total. The first-order valence-electron chi connectivity index (χ1n) is 9.54. The molecule has 1 aliphatic rings. The summed E-state index contributed by atoms with van der Waals surface area (Å²) in [6.45, 7) is 6.47. The van der Waals surface area contributed by atoms with Crippen LogP contribution in [0, 0.1) is 17.2 Å². The molecule has 0 spiro atoms. The number of aryl methyl sites for hydroxylation is 1. The van der Waals surface area contributed by atoms with E-state index in [0.29, 0.717) is 12.8 Å². The number of hydrogen-bond acceptors (Lipinski definition) is 5. The molecule has 2 atom stereocenters. The van der Waals surface area contributed by atoms with Crippen LogP contribution in [-0.4, -0.2) is 47.5 Å². The van der Waals surface area contributed by atoms with Crippen LogP contribution in [0.2, 0.25) is 0 Å². The number of nitriles is 1. The zero-order valence-corrected chi connectivity index (χ0v) is 17.5. The summed E-state index contributed by atoms with van der Waals surface area (Å²) in [6, 6.07) is 8.96. The van der Waals surface area contributed by atoms with Gasteiger partial charge < -0.3 is 15.4 Å². The lowest BCUT2D eigenvalue weighted by Crippen LogP contribution is -2.52. The van der Waals surface area contributed by atoms with Gasteiger partial charge in [-0.15, -0.1) is 0 Å². The molecule has 8 nitrogen and oxygen atoms in total. The number of rotatable bonds is 8. The van der Waals surface area contributed by atoms with E-state index in [-0.39, 0.29) is 5.92 Å². The Labute approximate surface area is 171 Å². The maximum Gasteiger partial charge on any atom is 0.325 e. The average Bonchev–Trinajstić information content (AvgIpc) is 2.90. The predicted octanol–water partition coefficient (Wildman–Crippen LogP) is 1.99. The van der Waals surface area contributed by atoms with Crippen LogP contribution < -0.4 is 15.4 Å². The highest BCUT2D eigenvalue weighted by molar-refractivity contribution is 6.08. The van der Waals surface area contributed by atoms with Crippen LogP contribution in [-0.2, 0) is 16.0 Å². The van der Waals surface area contributed by atoms with Gasteiger partial charge in [0.2, 0.25) is 5.91 Å². The molecule has 1 heterocycles. The summed E-state index contributed by atoms with van der Waals surface area (Å²) in [7, 11) is 1.59. The van der Waals surface area contributed by atoms with Crippen molar-refractivity contribution in [2.45, 2.75) is 51.6 Å². The van der Waals surface area contributed by atoms with Gasteiger partial charge in [0.05, 0.1) is 13.2 Å². The molecule has 0 bridgehead atoms. The molecule has 2 rings (SSSR count). The van der Waals surface area contributed by atoms with E-state index in [2.05, 4.69) is 16.7 Å². The highest BCUT2D eigenvalue weighted by Gasteiger charge is 2.48. The van der Waals surface area contributed by atoms with Crippen molar-refractivity contribution in [3.05, 3.63) is 29.8 Å². The van der Waals surface area contributed by atoms with Gasteiger partial charge in [0.15, 0.2) is 0 Å². The molecule has 4 amide bonds. The second-order valence-corrected chi connectivity index (χ2v) is 8.02. The van der Waals surface area contributed by atoms with Crippen LogP contribution in [0.1, 0.15) is 39.7 Å². The standard InChI is InChI=1S/C21H28N4O4/c1-14(2)21(4,13-22)23-17(26)12-25-18(27)20(3,24-19(25)28)11-10-15-6-8-16(29-5)9-7-15/h6-9,14H,10-12H2,1-5H3,(H,23,26)(H,24,28)/t20-,21+/m1/s1. The number of carbonyl (C=O) groups excluding carboxylic acids is 3. The van der Waals surface area contributed by atoms with Gasteiger partial charge in [0, 0.05) is 0 Å². The molecular formula is C21H28N4O4. The number of nitrogens with zero attached hydrogens (tertiary/aromatic N) is 2. The third-order valence-corrected chi connectivity index (χ3v) is 5.51. The van der Waals surface area contributed by atoms with Gasteiger partial charge in [-0.2, -0.15) is 5.26 Å². The van der Waals surface area contributed by atoms with Gasteiger partial charge in [-0.05, 0) is 50.3 Å². The van der Waals surface area contributed by atoms with Crippen LogP contribution in [0.15, 0.2) is 24.3 Å². The summed E-state index contributed by atoms with van der Waals surface area (Å²) >= 11 is 0. The molecule has 0 unspecified atom stereocenters. The molecule has 29 heavy (non-hydrogen) atoms. The summed E-state index contributed by atoms with van der Waals surface area (Å²) in [4.78, 5) is 38.4. The van der Waals surface area contributed by atoms with E-state index in [1.807, 2.05) is 38.1 Å². The lowest BCUT2D eigenvalue weighted by molar-refractivity contribution is -0.135. The minimum atomic E-state index is -1.09. The Morgan fingerprint density at radius 2 is 1.97 bits per heavy atom. The van der Waals surface area contributed by atoms with Gasteiger partial charge in [-0.3, -0.25) is 14.5 Å². The molecule has 8 heteroatoms. The molecule has 1 aromatic carbocycles. The molecule has 0 saturated carbocycles. The molecular weight excluding hydrogens is 372 g/mol. The Balaban J connectivity index is 2.02. The first-order chi connectivity index (χ1) is 13.5. The summed E-state index contributed by atoms with van der Waals surface area (Å²) in [5.74, 6) is -0.387. The van der Waals surface area contributed by atoms with Gasteiger partial charge >= 0.3 is 6.03 Å². The fourth-order valence-corrected chi connectivity index (χ4v) is 3.02. The molecule has 1 aromatic rings. The van der Waals surface area contributed by atoms with Gasteiger partial charge in [0.25, 0.3) is 5.91 Å². The third kappa shape index (κ3) is 4.86. The Bertz CT molecular complexity index is 830. The van der Waals surface area contributed by atoms with E-state index in [1.165, 1.54) is 0 Å². The maximum absolute atomic E-state index is 12.8.